The zero-order chi connectivity index (χ0) is 21.1. The average Bonchev–Trinajstić information content (AvgIpc) is 2.69. The number of ether oxygens (including phenoxy) is 1. The molecule has 0 bridgehead atoms. The Bertz CT molecular complexity index is 924. The summed E-state index contributed by atoms with van der Waals surface area (Å²) in [6.07, 6.45) is 0.340. The summed E-state index contributed by atoms with van der Waals surface area (Å²) in [5.74, 6) is 0.391. The van der Waals surface area contributed by atoms with Crippen LogP contribution in [0.25, 0.3) is 0 Å². The Balaban J connectivity index is 0.00000320. The minimum Gasteiger partial charge on any atom is -0.497 e. The van der Waals surface area contributed by atoms with Crippen LogP contribution in [0.4, 0.5) is 0 Å². The van der Waals surface area contributed by atoms with E-state index in [1.54, 1.807) is 7.11 Å². The molecule has 2 atom stereocenters. The molecular formula is C22H31ClN2O4S. The second-order valence-corrected chi connectivity index (χ2v) is 9.93. The van der Waals surface area contributed by atoms with Gasteiger partial charge in [0.15, 0.2) is 0 Å². The summed E-state index contributed by atoms with van der Waals surface area (Å²) in [5.41, 5.74) is 0.423. The lowest BCUT2D eigenvalue weighted by Crippen LogP contribution is -2.54. The number of benzene rings is 2. The highest BCUT2D eigenvalue weighted by molar-refractivity contribution is 7.88. The summed E-state index contributed by atoms with van der Waals surface area (Å²) < 4.78 is 32.9. The molecule has 3 rings (SSSR count). The van der Waals surface area contributed by atoms with Crippen LogP contribution in [-0.4, -0.2) is 63.6 Å². The van der Waals surface area contributed by atoms with E-state index in [9.17, 15) is 13.5 Å². The normalized spacial score (nSPS) is 22.5. The van der Waals surface area contributed by atoms with E-state index in [-0.39, 0.29) is 37.2 Å². The number of halogens is 1. The largest absolute Gasteiger partial charge is 0.497 e. The minimum absolute atomic E-state index is 0. The van der Waals surface area contributed by atoms with Crippen molar-refractivity contribution in [3.63, 3.8) is 0 Å². The summed E-state index contributed by atoms with van der Waals surface area (Å²) in [5, 5.41) is 11.6. The van der Waals surface area contributed by atoms with E-state index in [0.29, 0.717) is 18.7 Å². The fraction of sp³-hybridized carbons (Fsp3) is 0.455. The number of hydrogen-bond acceptors (Lipinski definition) is 5. The molecule has 1 N–H and O–H groups in total. The summed E-state index contributed by atoms with van der Waals surface area (Å²) >= 11 is 0. The quantitative estimate of drug-likeness (QED) is 0.696. The van der Waals surface area contributed by atoms with Crippen molar-refractivity contribution in [3.8, 4) is 5.75 Å². The van der Waals surface area contributed by atoms with Gasteiger partial charge < -0.3 is 14.7 Å². The monoisotopic (exact) mass is 454 g/mol. The Hall–Kier alpha value is -1.64. The molecule has 1 saturated heterocycles. The Kier molecular flexibility index (Phi) is 8.30. The molecule has 2 aromatic carbocycles. The zero-order valence-electron chi connectivity index (χ0n) is 17.7. The van der Waals surface area contributed by atoms with Crippen molar-refractivity contribution in [2.75, 3.05) is 40.8 Å². The van der Waals surface area contributed by atoms with Gasteiger partial charge in [-0.3, -0.25) is 0 Å². The van der Waals surface area contributed by atoms with Crippen LogP contribution in [0.15, 0.2) is 54.6 Å². The Morgan fingerprint density at radius 2 is 1.87 bits per heavy atom. The third-order valence-corrected chi connectivity index (χ3v) is 7.40. The Morgan fingerprint density at radius 3 is 2.50 bits per heavy atom. The highest BCUT2D eigenvalue weighted by atomic mass is 35.5. The van der Waals surface area contributed by atoms with Crippen LogP contribution >= 0.6 is 12.4 Å². The van der Waals surface area contributed by atoms with Crippen molar-refractivity contribution in [2.45, 2.75) is 17.8 Å². The van der Waals surface area contributed by atoms with Crippen molar-refractivity contribution in [1.82, 2.24) is 9.21 Å². The van der Waals surface area contributed by atoms with Crippen LogP contribution in [0.3, 0.4) is 0 Å². The fourth-order valence-corrected chi connectivity index (χ4v) is 5.61. The SMILES string of the molecule is COc1cccc(C2(O)CCN(S(=O)(=O)Cc3ccccc3)CC2CN(C)C)c1.Cl. The third-order valence-electron chi connectivity index (χ3n) is 5.58. The van der Waals surface area contributed by atoms with Crippen LogP contribution in [0.2, 0.25) is 0 Å². The minimum atomic E-state index is -3.47. The topological polar surface area (TPSA) is 70.1 Å². The highest BCUT2D eigenvalue weighted by Crippen LogP contribution is 2.40. The van der Waals surface area contributed by atoms with E-state index in [1.165, 1.54) is 4.31 Å². The summed E-state index contributed by atoms with van der Waals surface area (Å²) in [4.78, 5) is 1.99. The van der Waals surface area contributed by atoms with Crippen molar-refractivity contribution < 1.29 is 18.3 Å². The molecule has 1 aliphatic heterocycles. The number of aliphatic hydroxyl groups is 1. The molecule has 0 aromatic heterocycles. The van der Waals surface area contributed by atoms with Gasteiger partial charge in [0.25, 0.3) is 0 Å². The molecule has 0 amide bonds. The summed E-state index contributed by atoms with van der Waals surface area (Å²) in [6.45, 7) is 1.14. The van der Waals surface area contributed by atoms with Gasteiger partial charge in [-0.2, -0.15) is 0 Å². The molecule has 1 heterocycles. The zero-order valence-corrected chi connectivity index (χ0v) is 19.3. The van der Waals surface area contributed by atoms with Gasteiger partial charge in [-0.05, 0) is 43.8 Å². The molecule has 1 aliphatic rings. The van der Waals surface area contributed by atoms with E-state index in [2.05, 4.69) is 0 Å². The molecule has 0 aliphatic carbocycles. The lowest BCUT2D eigenvalue weighted by molar-refractivity contribution is -0.0698. The number of sulfonamides is 1. The first-order valence-electron chi connectivity index (χ1n) is 9.78. The van der Waals surface area contributed by atoms with Crippen LogP contribution in [-0.2, 0) is 21.4 Å². The fourth-order valence-electron chi connectivity index (χ4n) is 4.04. The number of nitrogens with zero attached hydrogens (tertiary/aromatic N) is 2. The van der Waals surface area contributed by atoms with Crippen LogP contribution in [0.5, 0.6) is 5.75 Å². The van der Waals surface area contributed by atoms with Gasteiger partial charge in [-0.1, -0.05) is 42.5 Å². The van der Waals surface area contributed by atoms with Gasteiger partial charge in [-0.25, -0.2) is 12.7 Å². The van der Waals surface area contributed by atoms with E-state index in [0.717, 1.165) is 11.1 Å². The van der Waals surface area contributed by atoms with Gasteiger partial charge in [0, 0.05) is 25.6 Å². The van der Waals surface area contributed by atoms with Crippen LogP contribution < -0.4 is 4.74 Å². The molecule has 2 aromatic rings. The summed E-state index contributed by atoms with van der Waals surface area (Å²) in [6, 6.07) is 16.6. The molecular weight excluding hydrogens is 424 g/mol. The smallest absolute Gasteiger partial charge is 0.218 e. The van der Waals surface area contributed by atoms with Crippen LogP contribution in [0.1, 0.15) is 17.5 Å². The van der Waals surface area contributed by atoms with E-state index in [1.807, 2.05) is 73.6 Å². The lowest BCUT2D eigenvalue weighted by Gasteiger charge is -2.45. The maximum atomic E-state index is 13.0. The Morgan fingerprint density at radius 1 is 1.17 bits per heavy atom. The average molecular weight is 455 g/mol. The molecule has 1 fully saturated rings. The van der Waals surface area contributed by atoms with Crippen molar-refractivity contribution in [2.24, 2.45) is 5.92 Å². The Labute approximate surface area is 185 Å². The number of methoxy groups -OCH3 is 1. The molecule has 0 saturated carbocycles. The van der Waals surface area contributed by atoms with Gasteiger partial charge in [0.1, 0.15) is 5.75 Å². The maximum Gasteiger partial charge on any atom is 0.218 e. The van der Waals surface area contributed by atoms with Crippen molar-refractivity contribution in [1.29, 1.82) is 0 Å². The third kappa shape index (κ3) is 5.53. The lowest BCUT2D eigenvalue weighted by atomic mass is 9.76. The van der Waals surface area contributed by atoms with E-state index >= 15 is 0 Å². The first-order chi connectivity index (χ1) is 13.7. The molecule has 166 valence electrons. The number of rotatable bonds is 7. The maximum absolute atomic E-state index is 13.0. The second-order valence-electron chi connectivity index (χ2n) is 7.97. The van der Waals surface area contributed by atoms with E-state index < -0.39 is 15.6 Å². The highest BCUT2D eigenvalue weighted by Gasteiger charge is 2.45. The van der Waals surface area contributed by atoms with Gasteiger partial charge in [0.05, 0.1) is 18.5 Å². The first-order valence-corrected chi connectivity index (χ1v) is 11.4. The molecule has 0 spiro atoms. The van der Waals surface area contributed by atoms with Gasteiger partial charge >= 0.3 is 0 Å². The first kappa shape index (κ1) is 24.6. The number of hydrogen-bond donors (Lipinski definition) is 1. The molecule has 2 unspecified atom stereocenters. The predicted octanol–water partition coefficient (Wildman–Crippen LogP) is 2.72. The van der Waals surface area contributed by atoms with Crippen molar-refractivity contribution >= 4 is 22.4 Å². The standard InChI is InChI=1S/C22H30N2O4S.ClH/c1-23(2)15-20-16-24(29(26,27)17-18-8-5-4-6-9-18)13-12-22(20,25)19-10-7-11-21(14-19)28-3;/h4-11,14,20,25H,12-13,15-17H2,1-3H3;1H. The van der Waals surface area contributed by atoms with Crippen molar-refractivity contribution in [3.05, 3.63) is 65.7 Å². The van der Waals surface area contributed by atoms with E-state index in [4.69, 9.17) is 4.74 Å². The van der Waals surface area contributed by atoms with Gasteiger partial charge in [0.2, 0.25) is 10.0 Å². The molecule has 6 nitrogen and oxygen atoms in total. The number of piperidine rings is 1. The molecule has 8 heteroatoms. The summed E-state index contributed by atoms with van der Waals surface area (Å²) in [7, 11) is 1.99. The molecule has 30 heavy (non-hydrogen) atoms. The second kappa shape index (κ2) is 10.1. The predicted molar refractivity (Wildman–Crippen MR) is 121 cm³/mol. The molecule has 0 radical (unpaired) electrons. The van der Waals surface area contributed by atoms with Crippen LogP contribution in [0, 0.1) is 5.92 Å². The van der Waals surface area contributed by atoms with Gasteiger partial charge in [-0.15, -0.1) is 12.4 Å².